The highest BCUT2D eigenvalue weighted by Crippen LogP contribution is 2.40. The molecule has 126 valence electrons. The molecule has 1 amide bonds. The Morgan fingerprint density at radius 3 is 2.83 bits per heavy atom. The smallest absolute Gasteiger partial charge is 0.336 e. The van der Waals surface area contributed by atoms with Crippen molar-refractivity contribution in [2.45, 2.75) is 25.7 Å². The van der Waals surface area contributed by atoms with E-state index in [0.717, 1.165) is 30.8 Å². The summed E-state index contributed by atoms with van der Waals surface area (Å²) >= 11 is 0. The van der Waals surface area contributed by atoms with E-state index >= 15 is 0 Å². The monoisotopic (exact) mass is 327 g/mol. The Morgan fingerprint density at radius 1 is 1.17 bits per heavy atom. The number of hydrogen-bond acceptors (Lipinski definition) is 4. The average Bonchev–Trinajstić information content (AvgIpc) is 3.44. The Balaban J connectivity index is 1.38. The molecule has 1 aliphatic heterocycles. The summed E-state index contributed by atoms with van der Waals surface area (Å²) in [5.74, 6) is 2.10. The standard InChI is InChI=1S/C19H21NO4/c21-18(20-9-1-2-15(11-20)13-3-4-13)12-23-16-7-5-14-6-8-19(22)24-17(14)10-16/h5-8,10,13,15H,1-4,9,11-12H2. The average molecular weight is 327 g/mol. The summed E-state index contributed by atoms with van der Waals surface area (Å²) in [5.41, 5.74) is 0.0781. The first-order chi connectivity index (χ1) is 11.7. The zero-order chi connectivity index (χ0) is 16.5. The van der Waals surface area contributed by atoms with Gasteiger partial charge in [-0.2, -0.15) is 0 Å². The highest BCUT2D eigenvalue weighted by molar-refractivity contribution is 5.79. The number of carbonyl (C=O) groups is 1. The second-order valence-electron chi connectivity index (χ2n) is 6.82. The van der Waals surface area contributed by atoms with Crippen LogP contribution in [0.1, 0.15) is 25.7 Å². The molecule has 1 aliphatic carbocycles. The van der Waals surface area contributed by atoms with E-state index in [9.17, 15) is 9.59 Å². The Labute approximate surface area is 140 Å². The summed E-state index contributed by atoms with van der Waals surface area (Å²) in [4.78, 5) is 25.6. The number of rotatable bonds is 4. The molecule has 5 nitrogen and oxygen atoms in total. The van der Waals surface area contributed by atoms with Gasteiger partial charge >= 0.3 is 5.63 Å². The quantitative estimate of drug-likeness (QED) is 0.810. The molecule has 4 rings (SSSR count). The zero-order valence-electron chi connectivity index (χ0n) is 13.6. The third kappa shape index (κ3) is 3.30. The number of amides is 1. The Hall–Kier alpha value is -2.30. The van der Waals surface area contributed by atoms with E-state index in [1.165, 1.54) is 25.3 Å². The van der Waals surface area contributed by atoms with Crippen molar-refractivity contribution in [3.05, 3.63) is 40.8 Å². The molecule has 2 heterocycles. The maximum atomic E-state index is 12.4. The molecule has 0 N–H and O–H groups in total. The molecular formula is C19H21NO4. The molecule has 0 bridgehead atoms. The van der Waals surface area contributed by atoms with Crippen LogP contribution in [0, 0.1) is 11.8 Å². The number of benzene rings is 1. The normalized spacial score (nSPS) is 21.0. The van der Waals surface area contributed by atoms with Crippen LogP contribution < -0.4 is 10.4 Å². The van der Waals surface area contributed by atoms with Gasteiger partial charge < -0.3 is 14.1 Å². The summed E-state index contributed by atoms with van der Waals surface area (Å²) in [6.07, 6.45) is 4.99. The first kappa shape index (κ1) is 15.2. The van der Waals surface area contributed by atoms with Gasteiger partial charge in [0.15, 0.2) is 6.61 Å². The minimum absolute atomic E-state index is 0.0277. The molecule has 2 fully saturated rings. The first-order valence-electron chi connectivity index (χ1n) is 8.63. The van der Waals surface area contributed by atoms with Gasteiger partial charge in [-0.05, 0) is 55.7 Å². The third-order valence-electron chi connectivity index (χ3n) is 5.06. The van der Waals surface area contributed by atoms with Gasteiger partial charge in [-0.15, -0.1) is 0 Å². The van der Waals surface area contributed by atoms with Crippen LogP contribution in [0.3, 0.4) is 0 Å². The number of fused-ring (bicyclic) bond motifs is 1. The number of carbonyl (C=O) groups excluding carboxylic acids is 1. The van der Waals surface area contributed by atoms with E-state index in [1.54, 1.807) is 18.2 Å². The zero-order valence-corrected chi connectivity index (χ0v) is 13.6. The maximum Gasteiger partial charge on any atom is 0.336 e. The number of likely N-dealkylation sites (tertiary alicyclic amines) is 1. The second-order valence-corrected chi connectivity index (χ2v) is 6.82. The predicted molar refractivity (Wildman–Crippen MR) is 90.0 cm³/mol. The van der Waals surface area contributed by atoms with Crippen molar-refractivity contribution in [1.29, 1.82) is 0 Å². The van der Waals surface area contributed by atoms with Crippen molar-refractivity contribution in [3.8, 4) is 5.75 Å². The lowest BCUT2D eigenvalue weighted by Crippen LogP contribution is -2.42. The first-order valence-corrected chi connectivity index (χ1v) is 8.63. The van der Waals surface area contributed by atoms with Crippen LogP contribution in [0.25, 0.3) is 11.0 Å². The lowest BCUT2D eigenvalue weighted by Gasteiger charge is -2.32. The van der Waals surface area contributed by atoms with Gasteiger partial charge in [0.2, 0.25) is 0 Å². The second kappa shape index (κ2) is 6.30. The van der Waals surface area contributed by atoms with Gasteiger partial charge in [0, 0.05) is 30.6 Å². The highest BCUT2D eigenvalue weighted by Gasteiger charge is 2.35. The van der Waals surface area contributed by atoms with Crippen molar-refractivity contribution in [2.75, 3.05) is 19.7 Å². The van der Waals surface area contributed by atoms with Gasteiger partial charge in [0.05, 0.1) is 0 Å². The number of ether oxygens (including phenoxy) is 1. The van der Waals surface area contributed by atoms with Crippen LogP contribution in [0.4, 0.5) is 0 Å². The minimum Gasteiger partial charge on any atom is -0.484 e. The fourth-order valence-corrected chi connectivity index (χ4v) is 3.56. The van der Waals surface area contributed by atoms with Crippen LogP contribution in [0.5, 0.6) is 5.75 Å². The molecule has 2 aliphatic rings. The van der Waals surface area contributed by atoms with E-state index < -0.39 is 5.63 Å². The Bertz CT molecular complexity index is 808. The van der Waals surface area contributed by atoms with Crippen molar-refractivity contribution in [3.63, 3.8) is 0 Å². The van der Waals surface area contributed by atoms with Crippen molar-refractivity contribution >= 4 is 16.9 Å². The van der Waals surface area contributed by atoms with Gasteiger partial charge in [-0.1, -0.05) is 0 Å². The Kier molecular flexibility index (Phi) is 4.00. The predicted octanol–water partition coefficient (Wildman–Crippen LogP) is 2.82. The molecule has 2 aromatic rings. The number of nitrogens with zero attached hydrogens (tertiary/aromatic N) is 1. The number of hydrogen-bond donors (Lipinski definition) is 0. The van der Waals surface area contributed by atoms with Crippen LogP contribution >= 0.6 is 0 Å². The summed E-state index contributed by atoms with van der Waals surface area (Å²) in [5, 5.41) is 0.830. The number of piperidine rings is 1. The van der Waals surface area contributed by atoms with E-state index in [2.05, 4.69) is 0 Å². The summed E-state index contributed by atoms with van der Waals surface area (Å²) in [6, 6.07) is 8.37. The molecule has 0 radical (unpaired) electrons. The van der Waals surface area contributed by atoms with Crippen LogP contribution in [0.15, 0.2) is 39.5 Å². The van der Waals surface area contributed by atoms with Gasteiger partial charge in [-0.3, -0.25) is 4.79 Å². The van der Waals surface area contributed by atoms with E-state index in [1.807, 2.05) is 11.0 Å². The largest absolute Gasteiger partial charge is 0.484 e. The van der Waals surface area contributed by atoms with Crippen molar-refractivity contribution in [1.82, 2.24) is 4.90 Å². The molecule has 1 aromatic carbocycles. The molecule has 1 aromatic heterocycles. The summed E-state index contributed by atoms with van der Waals surface area (Å²) in [7, 11) is 0. The van der Waals surface area contributed by atoms with Crippen LogP contribution in [0.2, 0.25) is 0 Å². The van der Waals surface area contributed by atoms with Crippen LogP contribution in [-0.4, -0.2) is 30.5 Å². The highest BCUT2D eigenvalue weighted by atomic mass is 16.5. The lowest BCUT2D eigenvalue weighted by molar-refractivity contribution is -0.135. The van der Waals surface area contributed by atoms with Gasteiger partial charge in [-0.25, -0.2) is 4.79 Å². The molecule has 1 saturated carbocycles. The van der Waals surface area contributed by atoms with E-state index in [4.69, 9.17) is 9.15 Å². The van der Waals surface area contributed by atoms with Crippen molar-refractivity contribution < 1.29 is 13.9 Å². The molecular weight excluding hydrogens is 306 g/mol. The fraction of sp³-hybridized carbons (Fsp3) is 0.474. The fourth-order valence-electron chi connectivity index (χ4n) is 3.56. The minimum atomic E-state index is -0.393. The van der Waals surface area contributed by atoms with Gasteiger partial charge in [0.25, 0.3) is 5.91 Å². The summed E-state index contributed by atoms with van der Waals surface area (Å²) < 4.78 is 10.8. The maximum absolute atomic E-state index is 12.4. The Morgan fingerprint density at radius 2 is 2.00 bits per heavy atom. The lowest BCUT2D eigenvalue weighted by atomic mass is 9.93. The molecule has 5 heteroatoms. The van der Waals surface area contributed by atoms with Gasteiger partial charge in [0.1, 0.15) is 11.3 Å². The molecule has 1 saturated heterocycles. The molecule has 0 spiro atoms. The topological polar surface area (TPSA) is 59.8 Å². The molecule has 1 atom stereocenters. The van der Waals surface area contributed by atoms with Crippen LogP contribution in [-0.2, 0) is 4.79 Å². The van der Waals surface area contributed by atoms with E-state index in [-0.39, 0.29) is 12.5 Å². The van der Waals surface area contributed by atoms with Crippen molar-refractivity contribution in [2.24, 2.45) is 11.8 Å². The third-order valence-corrected chi connectivity index (χ3v) is 5.06. The SMILES string of the molecule is O=C(COc1ccc2ccc(=O)oc2c1)N1CCCC(C2CC2)C1. The molecule has 24 heavy (non-hydrogen) atoms. The summed E-state index contributed by atoms with van der Waals surface area (Å²) in [6.45, 7) is 1.73. The molecule has 1 unspecified atom stereocenters. The van der Waals surface area contributed by atoms with E-state index in [0.29, 0.717) is 17.3 Å².